The summed E-state index contributed by atoms with van der Waals surface area (Å²) in [4.78, 5) is 26.3. The first-order valence-corrected chi connectivity index (χ1v) is 11.6. The first kappa shape index (κ1) is 19.7. The second kappa shape index (κ2) is 7.59. The molecule has 166 valence electrons. The van der Waals surface area contributed by atoms with E-state index >= 15 is 0 Å². The van der Waals surface area contributed by atoms with Crippen LogP contribution in [0.5, 0.6) is 0 Å². The van der Waals surface area contributed by atoms with Gasteiger partial charge in [0.15, 0.2) is 0 Å². The van der Waals surface area contributed by atoms with Crippen molar-refractivity contribution in [1.29, 1.82) is 0 Å². The van der Waals surface area contributed by atoms with Gasteiger partial charge < -0.3 is 19.7 Å². The van der Waals surface area contributed by atoms with Gasteiger partial charge in [-0.1, -0.05) is 6.07 Å². The largest absolute Gasteiger partial charge is 0.481 e. The number of aliphatic carboxylic acids is 1. The molecule has 7 nitrogen and oxygen atoms in total. The Morgan fingerprint density at radius 2 is 1.91 bits per heavy atom. The van der Waals surface area contributed by atoms with Crippen molar-refractivity contribution in [3.05, 3.63) is 42.1 Å². The minimum Gasteiger partial charge on any atom is -0.481 e. The first-order valence-electron chi connectivity index (χ1n) is 11.6. The van der Waals surface area contributed by atoms with Crippen molar-refractivity contribution in [2.24, 2.45) is 17.8 Å². The number of aromatic amines is 1. The van der Waals surface area contributed by atoms with Crippen molar-refractivity contribution < 1.29 is 14.6 Å². The molecule has 0 bridgehead atoms. The van der Waals surface area contributed by atoms with Gasteiger partial charge in [0.1, 0.15) is 11.6 Å². The van der Waals surface area contributed by atoms with Gasteiger partial charge in [-0.05, 0) is 74.3 Å². The van der Waals surface area contributed by atoms with E-state index in [4.69, 9.17) is 14.7 Å². The van der Waals surface area contributed by atoms with E-state index in [0.29, 0.717) is 11.8 Å². The van der Waals surface area contributed by atoms with Crippen LogP contribution in [0, 0.1) is 24.7 Å². The maximum absolute atomic E-state index is 11.1. The second-order valence-corrected chi connectivity index (χ2v) is 9.62. The molecule has 3 aliphatic rings. The fourth-order valence-corrected chi connectivity index (χ4v) is 5.73. The Bertz CT molecular complexity index is 1140. The third-order valence-electron chi connectivity index (χ3n) is 7.50. The van der Waals surface area contributed by atoms with Crippen molar-refractivity contribution in [3.8, 4) is 11.4 Å². The van der Waals surface area contributed by atoms with Gasteiger partial charge in [0.25, 0.3) is 0 Å². The molecule has 2 saturated carbocycles. The van der Waals surface area contributed by atoms with E-state index in [-0.39, 0.29) is 18.1 Å². The zero-order valence-corrected chi connectivity index (χ0v) is 18.2. The summed E-state index contributed by atoms with van der Waals surface area (Å²) in [6.07, 6.45) is 6.24. The van der Waals surface area contributed by atoms with E-state index in [1.54, 1.807) is 0 Å². The standard InChI is InChI=1S/C25H28N4O3/c1-14-2-4-20-21(10-14)28-24(27-20)15-3-5-22(26-13-15)29-8-6-16(7-9-29)32-17-11-18-19(12-17)23(18)25(30)31/h2-5,10,13,16-19,23H,6-9,11-12H2,1H3,(H,27,28)(H,30,31)/t17-,18+,19-,23+. The number of nitrogens with zero attached hydrogens (tertiary/aromatic N) is 3. The van der Waals surface area contributed by atoms with Crippen molar-refractivity contribution in [2.45, 2.75) is 44.8 Å². The highest BCUT2D eigenvalue weighted by molar-refractivity contribution is 5.80. The summed E-state index contributed by atoms with van der Waals surface area (Å²) >= 11 is 0. The van der Waals surface area contributed by atoms with Crippen molar-refractivity contribution >= 4 is 22.8 Å². The number of benzene rings is 1. The number of piperidine rings is 1. The highest BCUT2D eigenvalue weighted by Gasteiger charge is 2.60. The Morgan fingerprint density at radius 1 is 1.12 bits per heavy atom. The third kappa shape index (κ3) is 3.54. The molecule has 0 spiro atoms. The van der Waals surface area contributed by atoms with Gasteiger partial charge in [-0.25, -0.2) is 9.97 Å². The quantitative estimate of drug-likeness (QED) is 0.633. The normalized spacial score (nSPS) is 27.6. The number of carboxylic acids is 1. The number of aryl methyl sites for hydroxylation is 1. The van der Waals surface area contributed by atoms with Crippen LogP contribution in [0.2, 0.25) is 0 Å². The van der Waals surface area contributed by atoms with Crippen LogP contribution in [0.25, 0.3) is 22.4 Å². The predicted molar refractivity (Wildman–Crippen MR) is 122 cm³/mol. The van der Waals surface area contributed by atoms with Crippen LogP contribution in [0.4, 0.5) is 5.82 Å². The molecular formula is C25H28N4O3. The monoisotopic (exact) mass is 432 g/mol. The van der Waals surface area contributed by atoms with Crippen LogP contribution in [-0.4, -0.2) is 51.3 Å². The summed E-state index contributed by atoms with van der Waals surface area (Å²) in [5.74, 6) is 1.82. The lowest BCUT2D eigenvalue weighted by atomic mass is 10.1. The molecule has 3 heterocycles. The summed E-state index contributed by atoms with van der Waals surface area (Å²) in [5.41, 5.74) is 4.20. The number of pyridine rings is 1. The summed E-state index contributed by atoms with van der Waals surface area (Å²) < 4.78 is 6.33. The van der Waals surface area contributed by atoms with Gasteiger partial charge in [0, 0.05) is 24.8 Å². The molecular weight excluding hydrogens is 404 g/mol. The molecule has 0 unspecified atom stereocenters. The van der Waals surface area contributed by atoms with Crippen LogP contribution in [-0.2, 0) is 9.53 Å². The highest BCUT2D eigenvalue weighted by atomic mass is 16.5. The minimum absolute atomic E-state index is 0.102. The topological polar surface area (TPSA) is 91.3 Å². The Balaban J connectivity index is 1.04. The van der Waals surface area contributed by atoms with E-state index in [1.807, 2.05) is 6.20 Å². The van der Waals surface area contributed by atoms with Gasteiger partial charge in [0.2, 0.25) is 0 Å². The molecule has 0 amide bonds. The minimum atomic E-state index is -0.624. The van der Waals surface area contributed by atoms with Gasteiger partial charge in [-0.15, -0.1) is 0 Å². The molecule has 7 heteroatoms. The van der Waals surface area contributed by atoms with Crippen LogP contribution in [0.3, 0.4) is 0 Å². The fourth-order valence-electron chi connectivity index (χ4n) is 5.73. The molecule has 4 atom stereocenters. The number of imidazole rings is 1. The molecule has 2 aliphatic carbocycles. The lowest BCUT2D eigenvalue weighted by molar-refractivity contribution is -0.139. The van der Waals surface area contributed by atoms with Crippen LogP contribution in [0.15, 0.2) is 36.5 Å². The average Bonchev–Trinajstić information content (AvgIpc) is 3.10. The summed E-state index contributed by atoms with van der Waals surface area (Å²) in [6.45, 7) is 3.93. The van der Waals surface area contributed by atoms with Crippen molar-refractivity contribution in [1.82, 2.24) is 15.0 Å². The molecule has 2 aromatic heterocycles. The molecule has 2 N–H and O–H groups in total. The number of rotatable bonds is 5. The Hall–Kier alpha value is -2.93. The second-order valence-electron chi connectivity index (χ2n) is 9.62. The van der Waals surface area contributed by atoms with Gasteiger partial charge >= 0.3 is 5.97 Å². The number of aromatic nitrogens is 3. The van der Waals surface area contributed by atoms with Crippen molar-refractivity contribution in [3.63, 3.8) is 0 Å². The van der Waals surface area contributed by atoms with Gasteiger partial charge in [-0.2, -0.15) is 0 Å². The van der Waals surface area contributed by atoms with Gasteiger partial charge in [-0.3, -0.25) is 4.79 Å². The lowest BCUT2D eigenvalue weighted by Crippen LogP contribution is -2.38. The molecule has 0 radical (unpaired) electrons. The highest BCUT2D eigenvalue weighted by Crippen LogP contribution is 2.58. The molecule has 1 saturated heterocycles. The van der Waals surface area contributed by atoms with Gasteiger partial charge in [0.05, 0.1) is 29.2 Å². The van der Waals surface area contributed by atoms with Crippen LogP contribution < -0.4 is 4.90 Å². The van der Waals surface area contributed by atoms with E-state index in [2.05, 4.69) is 47.1 Å². The number of hydrogen-bond acceptors (Lipinski definition) is 5. The number of nitrogens with one attached hydrogen (secondary N) is 1. The number of anilines is 1. The molecule has 32 heavy (non-hydrogen) atoms. The van der Waals surface area contributed by atoms with Crippen LogP contribution >= 0.6 is 0 Å². The molecule has 1 aromatic carbocycles. The summed E-state index contributed by atoms with van der Waals surface area (Å²) in [7, 11) is 0. The lowest BCUT2D eigenvalue weighted by Gasteiger charge is -2.34. The van der Waals surface area contributed by atoms with E-state index in [9.17, 15) is 9.90 Å². The number of carboxylic acid groups (broad SMARTS) is 1. The number of carbonyl (C=O) groups is 1. The number of H-pyrrole nitrogens is 1. The first-order chi connectivity index (χ1) is 15.5. The third-order valence-corrected chi connectivity index (χ3v) is 7.50. The van der Waals surface area contributed by atoms with E-state index < -0.39 is 5.97 Å². The summed E-state index contributed by atoms with van der Waals surface area (Å²) in [5, 5.41) is 9.17. The smallest absolute Gasteiger partial charge is 0.307 e. The maximum Gasteiger partial charge on any atom is 0.307 e. The zero-order valence-electron chi connectivity index (χ0n) is 18.2. The van der Waals surface area contributed by atoms with Crippen molar-refractivity contribution in [2.75, 3.05) is 18.0 Å². The van der Waals surface area contributed by atoms with E-state index in [0.717, 1.165) is 67.0 Å². The zero-order chi connectivity index (χ0) is 21.8. The Kier molecular flexibility index (Phi) is 4.68. The maximum atomic E-state index is 11.1. The molecule has 3 fully saturated rings. The SMILES string of the molecule is Cc1ccc2[nH]c(-c3ccc(N4CCC(O[C@H]5C[C@@H]6[C@H](C5)[C@@H]6C(=O)O)CC4)nc3)nc2c1. The average molecular weight is 433 g/mol. The number of fused-ring (bicyclic) bond motifs is 2. The Morgan fingerprint density at radius 3 is 2.59 bits per heavy atom. The number of ether oxygens (including phenoxy) is 1. The molecule has 1 aliphatic heterocycles. The Labute approximate surface area is 186 Å². The number of hydrogen-bond donors (Lipinski definition) is 2. The fraction of sp³-hybridized carbons (Fsp3) is 0.480. The predicted octanol–water partition coefficient (Wildman–Crippen LogP) is 4.03. The van der Waals surface area contributed by atoms with Crippen LogP contribution in [0.1, 0.15) is 31.2 Å². The molecule has 6 rings (SSSR count). The van der Waals surface area contributed by atoms with E-state index in [1.165, 1.54) is 5.56 Å². The summed E-state index contributed by atoms with van der Waals surface area (Å²) in [6, 6.07) is 10.4. The molecule has 3 aromatic rings.